The molecule has 0 saturated carbocycles. The van der Waals surface area contributed by atoms with Gasteiger partial charge in [0.25, 0.3) is 0 Å². The second-order valence-electron chi connectivity index (χ2n) is 6.35. The number of hydrogen-bond acceptors (Lipinski definition) is 3. The monoisotopic (exact) mass is 289 g/mol. The lowest BCUT2D eigenvalue weighted by molar-refractivity contribution is 0.549. The maximum Gasteiger partial charge on any atom is 0.191 e. The molecule has 0 fully saturated rings. The van der Waals surface area contributed by atoms with E-state index in [0.717, 1.165) is 10.9 Å². The summed E-state index contributed by atoms with van der Waals surface area (Å²) in [6.07, 6.45) is 1.80. The van der Waals surface area contributed by atoms with E-state index in [4.69, 9.17) is 0 Å². The zero-order valence-corrected chi connectivity index (χ0v) is 13.7. The molecular weight excluding hydrogens is 266 g/mol. The Hall–Kier alpha value is -1.29. The molecule has 0 aliphatic carbocycles. The van der Waals surface area contributed by atoms with Crippen molar-refractivity contribution in [1.82, 2.24) is 14.8 Å². The van der Waals surface area contributed by atoms with Crippen molar-refractivity contribution >= 4 is 11.8 Å². The normalized spacial score (nSPS) is 12.1. The quantitative estimate of drug-likeness (QED) is 0.779. The maximum absolute atomic E-state index is 4.19. The van der Waals surface area contributed by atoms with Crippen molar-refractivity contribution in [3.63, 3.8) is 0 Å². The van der Waals surface area contributed by atoms with E-state index in [-0.39, 0.29) is 5.41 Å². The summed E-state index contributed by atoms with van der Waals surface area (Å²) < 4.78 is 2.11. The highest BCUT2D eigenvalue weighted by Gasteiger charge is 2.13. The summed E-state index contributed by atoms with van der Waals surface area (Å²) in [6.45, 7) is 11.0. The molecule has 1 aromatic carbocycles. The molecule has 0 unspecified atom stereocenters. The lowest BCUT2D eigenvalue weighted by atomic mass is 9.87. The van der Waals surface area contributed by atoms with Gasteiger partial charge in [-0.3, -0.25) is 0 Å². The molecule has 0 bridgehead atoms. The van der Waals surface area contributed by atoms with Gasteiger partial charge < -0.3 is 4.57 Å². The molecule has 0 saturated heterocycles. The molecular formula is C16H23N3S. The summed E-state index contributed by atoms with van der Waals surface area (Å²) in [5.41, 5.74) is 2.90. The largest absolute Gasteiger partial charge is 0.306 e. The van der Waals surface area contributed by atoms with Crippen LogP contribution in [0.15, 0.2) is 35.7 Å². The van der Waals surface area contributed by atoms with E-state index >= 15 is 0 Å². The number of hydrogen-bond donors (Lipinski definition) is 0. The third-order valence-corrected chi connectivity index (χ3v) is 4.31. The van der Waals surface area contributed by atoms with Gasteiger partial charge in [-0.1, -0.05) is 56.8 Å². The Bertz CT molecular complexity index is 550. The molecule has 3 nitrogen and oxygen atoms in total. The van der Waals surface area contributed by atoms with E-state index in [1.807, 2.05) is 0 Å². The van der Waals surface area contributed by atoms with E-state index in [1.165, 1.54) is 11.1 Å². The SMILES string of the molecule is CC(C)n1cnnc1SCc1ccc(C(C)(C)C)cc1. The number of benzene rings is 1. The van der Waals surface area contributed by atoms with Crippen molar-refractivity contribution in [2.24, 2.45) is 0 Å². The number of aromatic nitrogens is 3. The van der Waals surface area contributed by atoms with Crippen molar-refractivity contribution < 1.29 is 0 Å². The van der Waals surface area contributed by atoms with Crippen LogP contribution >= 0.6 is 11.8 Å². The van der Waals surface area contributed by atoms with Gasteiger partial charge in [-0.05, 0) is 30.4 Å². The molecule has 0 amide bonds. The van der Waals surface area contributed by atoms with Gasteiger partial charge in [-0.25, -0.2) is 0 Å². The molecule has 1 aromatic heterocycles. The molecule has 1 heterocycles. The Morgan fingerprint density at radius 2 is 1.80 bits per heavy atom. The molecule has 0 atom stereocenters. The predicted molar refractivity (Wildman–Crippen MR) is 85.1 cm³/mol. The van der Waals surface area contributed by atoms with Gasteiger partial charge in [-0.2, -0.15) is 0 Å². The van der Waals surface area contributed by atoms with Crippen LogP contribution in [0.5, 0.6) is 0 Å². The van der Waals surface area contributed by atoms with Crippen LogP contribution in [0, 0.1) is 0 Å². The van der Waals surface area contributed by atoms with Crippen LogP contribution in [-0.4, -0.2) is 14.8 Å². The highest BCUT2D eigenvalue weighted by atomic mass is 32.2. The molecule has 0 aliphatic heterocycles. The molecule has 4 heteroatoms. The molecule has 0 N–H and O–H groups in total. The average molecular weight is 289 g/mol. The molecule has 2 rings (SSSR count). The first kappa shape index (κ1) is 15.1. The smallest absolute Gasteiger partial charge is 0.191 e. The van der Waals surface area contributed by atoms with Gasteiger partial charge in [0, 0.05) is 11.8 Å². The maximum atomic E-state index is 4.19. The lowest BCUT2D eigenvalue weighted by Gasteiger charge is -2.19. The Morgan fingerprint density at radius 3 is 2.35 bits per heavy atom. The van der Waals surface area contributed by atoms with E-state index in [9.17, 15) is 0 Å². The Morgan fingerprint density at radius 1 is 1.15 bits per heavy atom. The summed E-state index contributed by atoms with van der Waals surface area (Å²) >= 11 is 1.74. The first-order valence-electron chi connectivity index (χ1n) is 6.99. The molecule has 0 radical (unpaired) electrons. The van der Waals surface area contributed by atoms with Crippen LogP contribution in [0.2, 0.25) is 0 Å². The summed E-state index contributed by atoms with van der Waals surface area (Å²) in [4.78, 5) is 0. The van der Waals surface area contributed by atoms with E-state index in [2.05, 4.69) is 73.6 Å². The third kappa shape index (κ3) is 3.63. The fourth-order valence-corrected chi connectivity index (χ4v) is 2.94. The van der Waals surface area contributed by atoms with Crippen molar-refractivity contribution in [2.75, 3.05) is 0 Å². The van der Waals surface area contributed by atoms with Gasteiger partial charge in [0.2, 0.25) is 0 Å². The zero-order valence-electron chi connectivity index (χ0n) is 12.9. The van der Waals surface area contributed by atoms with Gasteiger partial charge >= 0.3 is 0 Å². The summed E-state index contributed by atoms with van der Waals surface area (Å²) in [7, 11) is 0. The molecule has 2 aromatic rings. The average Bonchev–Trinajstić information content (AvgIpc) is 2.84. The first-order valence-corrected chi connectivity index (χ1v) is 7.98. The molecule has 108 valence electrons. The van der Waals surface area contributed by atoms with Gasteiger partial charge in [-0.15, -0.1) is 10.2 Å². The summed E-state index contributed by atoms with van der Waals surface area (Å²) in [6, 6.07) is 9.27. The van der Waals surface area contributed by atoms with Crippen LogP contribution < -0.4 is 0 Å². The fraction of sp³-hybridized carbons (Fsp3) is 0.500. The number of rotatable bonds is 4. The zero-order chi connectivity index (χ0) is 14.8. The summed E-state index contributed by atoms with van der Waals surface area (Å²) in [5.74, 6) is 0.926. The van der Waals surface area contributed by atoms with E-state index < -0.39 is 0 Å². The second kappa shape index (κ2) is 6.00. The van der Waals surface area contributed by atoms with Crippen molar-refractivity contribution in [2.45, 2.75) is 57.0 Å². The van der Waals surface area contributed by atoms with Crippen LogP contribution in [0.25, 0.3) is 0 Å². The minimum atomic E-state index is 0.212. The van der Waals surface area contributed by atoms with Crippen molar-refractivity contribution in [3.05, 3.63) is 41.7 Å². The molecule has 20 heavy (non-hydrogen) atoms. The standard InChI is InChI=1S/C16H23N3S/c1-12(2)19-11-17-18-15(19)20-10-13-6-8-14(9-7-13)16(3,4)5/h6-9,11-12H,10H2,1-5H3. The number of thioether (sulfide) groups is 1. The van der Waals surface area contributed by atoms with Crippen LogP contribution in [0.1, 0.15) is 51.8 Å². The minimum absolute atomic E-state index is 0.212. The topological polar surface area (TPSA) is 30.7 Å². The van der Waals surface area contributed by atoms with Crippen LogP contribution in [0.4, 0.5) is 0 Å². The lowest BCUT2D eigenvalue weighted by Crippen LogP contribution is -2.10. The third-order valence-electron chi connectivity index (χ3n) is 3.28. The second-order valence-corrected chi connectivity index (χ2v) is 7.29. The van der Waals surface area contributed by atoms with E-state index in [0.29, 0.717) is 6.04 Å². The first-order chi connectivity index (χ1) is 9.38. The van der Waals surface area contributed by atoms with Gasteiger partial charge in [0.1, 0.15) is 6.33 Å². The van der Waals surface area contributed by atoms with Gasteiger partial charge in [0.15, 0.2) is 5.16 Å². The van der Waals surface area contributed by atoms with Crippen molar-refractivity contribution in [3.8, 4) is 0 Å². The predicted octanol–water partition coefficient (Wildman–Crippen LogP) is 4.45. The summed E-state index contributed by atoms with van der Waals surface area (Å²) in [5, 5.41) is 9.17. The van der Waals surface area contributed by atoms with Crippen LogP contribution in [0.3, 0.4) is 0 Å². The highest BCUT2D eigenvalue weighted by molar-refractivity contribution is 7.98. The van der Waals surface area contributed by atoms with Crippen molar-refractivity contribution in [1.29, 1.82) is 0 Å². The van der Waals surface area contributed by atoms with Crippen LogP contribution in [-0.2, 0) is 11.2 Å². The Kier molecular flexibility index (Phi) is 4.53. The number of nitrogens with zero attached hydrogens (tertiary/aromatic N) is 3. The highest BCUT2D eigenvalue weighted by Crippen LogP contribution is 2.26. The molecule has 0 spiro atoms. The minimum Gasteiger partial charge on any atom is -0.306 e. The van der Waals surface area contributed by atoms with Gasteiger partial charge in [0.05, 0.1) is 0 Å². The fourth-order valence-electron chi connectivity index (χ4n) is 1.94. The Balaban J connectivity index is 2.02. The Labute approximate surface area is 125 Å². The van der Waals surface area contributed by atoms with E-state index in [1.54, 1.807) is 18.1 Å². The molecule has 0 aliphatic rings.